The maximum Gasteiger partial charge on any atom is 0.153 e. The number of carbonyl (C=O) groups excluding carboxylic acids is 1. The molecule has 1 aromatic rings. The first-order chi connectivity index (χ1) is 5.38. The first-order valence-corrected chi connectivity index (χ1v) is 3.06. The van der Waals surface area contributed by atoms with Crippen LogP contribution in [0.2, 0.25) is 0 Å². The number of aldehydes is 1. The lowest BCUT2D eigenvalue weighted by Crippen LogP contribution is -1.99. The molecule has 0 bridgehead atoms. The SMILES string of the molecule is CONc1ccncc1C=O. The summed E-state index contributed by atoms with van der Waals surface area (Å²) in [5.74, 6) is 0. The molecule has 0 amide bonds. The van der Waals surface area contributed by atoms with E-state index in [1.807, 2.05) is 0 Å². The van der Waals surface area contributed by atoms with Gasteiger partial charge >= 0.3 is 0 Å². The molecule has 1 heterocycles. The molecule has 0 aromatic carbocycles. The Kier molecular flexibility index (Phi) is 2.57. The van der Waals surface area contributed by atoms with E-state index in [-0.39, 0.29) is 0 Å². The third kappa shape index (κ3) is 1.75. The topological polar surface area (TPSA) is 51.2 Å². The molecule has 0 unspecified atom stereocenters. The van der Waals surface area contributed by atoms with E-state index in [0.29, 0.717) is 17.5 Å². The smallest absolute Gasteiger partial charge is 0.153 e. The van der Waals surface area contributed by atoms with Crippen LogP contribution in [-0.2, 0) is 4.84 Å². The largest absolute Gasteiger partial charge is 0.298 e. The van der Waals surface area contributed by atoms with Crippen molar-refractivity contribution in [1.82, 2.24) is 4.98 Å². The number of nitrogens with one attached hydrogen (secondary N) is 1. The second-order valence-electron chi connectivity index (χ2n) is 1.89. The van der Waals surface area contributed by atoms with Gasteiger partial charge in [-0.2, -0.15) is 0 Å². The summed E-state index contributed by atoms with van der Waals surface area (Å²) in [5.41, 5.74) is 3.66. The Labute approximate surface area is 64.2 Å². The Balaban J connectivity index is 2.92. The zero-order valence-electron chi connectivity index (χ0n) is 6.07. The fourth-order valence-corrected chi connectivity index (χ4v) is 0.703. The van der Waals surface area contributed by atoms with E-state index in [2.05, 4.69) is 15.3 Å². The van der Waals surface area contributed by atoms with E-state index in [9.17, 15) is 4.79 Å². The molecule has 0 radical (unpaired) electrons. The second kappa shape index (κ2) is 3.68. The highest BCUT2D eigenvalue weighted by molar-refractivity contribution is 5.82. The van der Waals surface area contributed by atoms with Crippen LogP contribution >= 0.6 is 0 Å². The van der Waals surface area contributed by atoms with Gasteiger partial charge in [0, 0.05) is 12.4 Å². The Morgan fingerprint density at radius 1 is 1.73 bits per heavy atom. The fraction of sp³-hybridized carbons (Fsp3) is 0.143. The summed E-state index contributed by atoms with van der Waals surface area (Å²) >= 11 is 0. The molecule has 0 aliphatic heterocycles. The number of nitrogens with zero attached hydrogens (tertiary/aromatic N) is 1. The molecule has 0 spiro atoms. The van der Waals surface area contributed by atoms with E-state index >= 15 is 0 Å². The van der Waals surface area contributed by atoms with Crippen LogP contribution in [0.3, 0.4) is 0 Å². The predicted octanol–water partition coefficient (Wildman–Crippen LogP) is 0.867. The van der Waals surface area contributed by atoms with E-state index in [4.69, 9.17) is 0 Å². The lowest BCUT2D eigenvalue weighted by atomic mass is 10.3. The van der Waals surface area contributed by atoms with Crippen LogP contribution in [0.4, 0.5) is 5.69 Å². The van der Waals surface area contributed by atoms with E-state index in [0.717, 1.165) is 0 Å². The quantitative estimate of drug-likeness (QED) is 0.515. The maximum atomic E-state index is 10.4. The third-order valence-corrected chi connectivity index (χ3v) is 1.19. The minimum Gasteiger partial charge on any atom is -0.298 e. The summed E-state index contributed by atoms with van der Waals surface area (Å²) in [7, 11) is 1.48. The minimum absolute atomic E-state index is 0.481. The summed E-state index contributed by atoms with van der Waals surface area (Å²) in [6.07, 6.45) is 3.76. The monoisotopic (exact) mass is 152 g/mol. The predicted molar refractivity (Wildman–Crippen MR) is 40.3 cm³/mol. The highest BCUT2D eigenvalue weighted by Gasteiger charge is 1.97. The number of hydrogen-bond donors (Lipinski definition) is 1. The van der Waals surface area contributed by atoms with Crippen LogP contribution in [0, 0.1) is 0 Å². The maximum absolute atomic E-state index is 10.4. The standard InChI is InChI=1S/C7H8N2O2/c1-11-9-7-2-3-8-4-6(7)5-10/h2-5H,1H3,(H,8,9). The first-order valence-electron chi connectivity index (χ1n) is 3.06. The van der Waals surface area contributed by atoms with Crippen LogP contribution in [0.25, 0.3) is 0 Å². The van der Waals surface area contributed by atoms with Gasteiger partial charge < -0.3 is 0 Å². The number of carbonyl (C=O) groups is 1. The van der Waals surface area contributed by atoms with Gasteiger partial charge in [0.15, 0.2) is 6.29 Å². The number of pyridine rings is 1. The number of rotatable bonds is 3. The van der Waals surface area contributed by atoms with Crippen LogP contribution in [0.5, 0.6) is 0 Å². The van der Waals surface area contributed by atoms with Crippen molar-refractivity contribution >= 4 is 12.0 Å². The van der Waals surface area contributed by atoms with Crippen molar-refractivity contribution in [3.8, 4) is 0 Å². The Morgan fingerprint density at radius 2 is 2.55 bits per heavy atom. The van der Waals surface area contributed by atoms with E-state index in [1.54, 1.807) is 12.3 Å². The van der Waals surface area contributed by atoms with Gasteiger partial charge in [0.2, 0.25) is 0 Å². The fourth-order valence-electron chi connectivity index (χ4n) is 0.703. The van der Waals surface area contributed by atoms with Gasteiger partial charge in [-0.15, -0.1) is 0 Å². The molecule has 1 aromatic heterocycles. The van der Waals surface area contributed by atoms with Gasteiger partial charge in [-0.1, -0.05) is 0 Å². The number of anilines is 1. The number of aromatic nitrogens is 1. The lowest BCUT2D eigenvalue weighted by Gasteiger charge is -2.03. The summed E-state index contributed by atoms with van der Waals surface area (Å²) in [6.45, 7) is 0. The zero-order chi connectivity index (χ0) is 8.10. The van der Waals surface area contributed by atoms with Crippen molar-refractivity contribution in [2.45, 2.75) is 0 Å². The highest BCUT2D eigenvalue weighted by atomic mass is 16.6. The molecule has 0 saturated heterocycles. The molecule has 4 heteroatoms. The Morgan fingerprint density at radius 3 is 3.18 bits per heavy atom. The van der Waals surface area contributed by atoms with Crippen molar-refractivity contribution in [3.05, 3.63) is 24.0 Å². The van der Waals surface area contributed by atoms with Gasteiger partial charge in [0.25, 0.3) is 0 Å². The Bertz CT molecular complexity index is 250. The third-order valence-electron chi connectivity index (χ3n) is 1.19. The number of hydrogen-bond acceptors (Lipinski definition) is 4. The minimum atomic E-state index is 0.481. The molecule has 0 aliphatic carbocycles. The summed E-state index contributed by atoms with van der Waals surface area (Å²) < 4.78 is 0. The molecular weight excluding hydrogens is 144 g/mol. The van der Waals surface area contributed by atoms with Crippen molar-refractivity contribution in [3.63, 3.8) is 0 Å². The van der Waals surface area contributed by atoms with Crippen LogP contribution in [0.15, 0.2) is 18.5 Å². The molecule has 4 nitrogen and oxygen atoms in total. The molecule has 0 fully saturated rings. The lowest BCUT2D eigenvalue weighted by molar-refractivity contribution is 0.112. The second-order valence-corrected chi connectivity index (χ2v) is 1.89. The first kappa shape index (κ1) is 7.68. The molecule has 0 saturated carbocycles. The zero-order valence-corrected chi connectivity index (χ0v) is 6.07. The molecule has 1 rings (SSSR count). The van der Waals surface area contributed by atoms with Crippen LogP contribution < -0.4 is 5.48 Å². The van der Waals surface area contributed by atoms with Crippen LogP contribution in [-0.4, -0.2) is 18.4 Å². The van der Waals surface area contributed by atoms with Crippen molar-refractivity contribution < 1.29 is 9.63 Å². The molecule has 1 N–H and O–H groups in total. The van der Waals surface area contributed by atoms with Crippen molar-refractivity contribution in [1.29, 1.82) is 0 Å². The highest BCUT2D eigenvalue weighted by Crippen LogP contribution is 2.09. The van der Waals surface area contributed by atoms with E-state index < -0.39 is 0 Å². The molecular formula is C7H8N2O2. The van der Waals surface area contributed by atoms with Crippen LogP contribution in [0.1, 0.15) is 10.4 Å². The summed E-state index contributed by atoms with van der Waals surface area (Å²) in [6, 6.07) is 1.66. The van der Waals surface area contributed by atoms with Gasteiger partial charge in [0.05, 0.1) is 18.4 Å². The van der Waals surface area contributed by atoms with Gasteiger partial charge in [-0.3, -0.25) is 20.1 Å². The van der Waals surface area contributed by atoms with Gasteiger partial charge in [-0.05, 0) is 6.07 Å². The Hall–Kier alpha value is -1.42. The van der Waals surface area contributed by atoms with Gasteiger partial charge in [0.1, 0.15) is 0 Å². The van der Waals surface area contributed by atoms with Crippen molar-refractivity contribution in [2.75, 3.05) is 12.6 Å². The van der Waals surface area contributed by atoms with Crippen molar-refractivity contribution in [2.24, 2.45) is 0 Å². The molecule has 11 heavy (non-hydrogen) atoms. The normalized spacial score (nSPS) is 9.18. The molecule has 0 aliphatic rings. The summed E-state index contributed by atoms with van der Waals surface area (Å²) in [4.78, 5) is 18.8. The molecule has 58 valence electrons. The average molecular weight is 152 g/mol. The van der Waals surface area contributed by atoms with E-state index in [1.165, 1.54) is 13.3 Å². The van der Waals surface area contributed by atoms with Gasteiger partial charge in [-0.25, -0.2) is 0 Å². The molecule has 0 atom stereocenters. The average Bonchev–Trinajstić information content (AvgIpc) is 2.06. The summed E-state index contributed by atoms with van der Waals surface area (Å²) in [5, 5.41) is 0.